The molecule has 0 spiro atoms. The lowest BCUT2D eigenvalue weighted by molar-refractivity contribution is -0.137. The largest absolute Gasteiger partial charge is 0.416 e. The van der Waals surface area contributed by atoms with Crippen LogP contribution in [0.25, 0.3) is 0 Å². The molecule has 0 fully saturated rings. The minimum atomic E-state index is -4.51. The summed E-state index contributed by atoms with van der Waals surface area (Å²) in [5, 5.41) is 3.69. The van der Waals surface area contributed by atoms with Crippen LogP contribution in [0.15, 0.2) is 82.8 Å². The van der Waals surface area contributed by atoms with Crippen LogP contribution in [0.3, 0.4) is 0 Å². The third-order valence-electron chi connectivity index (χ3n) is 4.73. The lowest BCUT2D eigenvalue weighted by Gasteiger charge is -2.24. The average molecular weight is 490 g/mol. The van der Waals surface area contributed by atoms with Crippen LogP contribution in [-0.2, 0) is 21.0 Å². The molecule has 0 heterocycles. The molecule has 3 rings (SSSR count). The fraction of sp³-hybridized carbons (Fsp3) is 0.167. The normalized spacial score (nSPS) is 12.0. The van der Waals surface area contributed by atoms with Gasteiger partial charge in [-0.25, -0.2) is 13.8 Å². The molecular weight excluding hydrogens is 467 g/mol. The minimum Gasteiger partial charge on any atom is -0.271 e. The van der Waals surface area contributed by atoms with E-state index < -0.39 is 34.2 Å². The summed E-state index contributed by atoms with van der Waals surface area (Å²) in [5.41, 5.74) is 3.39. The molecule has 1 N–H and O–H groups in total. The number of rotatable bonds is 7. The first-order valence-corrected chi connectivity index (χ1v) is 11.6. The Kier molecular flexibility index (Phi) is 7.41. The van der Waals surface area contributed by atoms with Gasteiger partial charge < -0.3 is 0 Å². The fourth-order valence-electron chi connectivity index (χ4n) is 3.27. The van der Waals surface area contributed by atoms with E-state index in [1.807, 2.05) is 19.9 Å². The number of nitrogens with zero attached hydrogens (tertiary/aromatic N) is 2. The first-order chi connectivity index (χ1) is 16.0. The summed E-state index contributed by atoms with van der Waals surface area (Å²) in [6, 6.07) is 17.3. The van der Waals surface area contributed by atoms with Gasteiger partial charge in [0.15, 0.2) is 0 Å². The Hall–Kier alpha value is -3.66. The summed E-state index contributed by atoms with van der Waals surface area (Å²) in [7, 11) is -4.09. The Morgan fingerprint density at radius 1 is 0.971 bits per heavy atom. The summed E-state index contributed by atoms with van der Waals surface area (Å²) in [5.74, 6) is -0.762. The molecule has 0 unspecified atom stereocenters. The minimum absolute atomic E-state index is 0.00873. The van der Waals surface area contributed by atoms with E-state index in [4.69, 9.17) is 0 Å². The number of hydrogen-bond acceptors (Lipinski definition) is 4. The van der Waals surface area contributed by atoms with Crippen LogP contribution in [0.4, 0.5) is 18.9 Å². The number of alkyl halides is 3. The van der Waals surface area contributed by atoms with Crippen LogP contribution in [0, 0.1) is 13.8 Å². The molecule has 0 aliphatic carbocycles. The van der Waals surface area contributed by atoms with Gasteiger partial charge in [-0.2, -0.15) is 18.3 Å². The number of anilines is 1. The van der Waals surface area contributed by atoms with E-state index in [9.17, 15) is 26.4 Å². The van der Waals surface area contributed by atoms with Gasteiger partial charge in [-0.1, -0.05) is 36.4 Å². The molecule has 178 valence electrons. The van der Waals surface area contributed by atoms with E-state index in [0.29, 0.717) is 5.69 Å². The van der Waals surface area contributed by atoms with Crippen molar-refractivity contribution in [3.8, 4) is 0 Å². The third-order valence-corrected chi connectivity index (χ3v) is 6.52. The molecule has 3 aromatic carbocycles. The predicted molar refractivity (Wildman–Crippen MR) is 124 cm³/mol. The number of benzene rings is 3. The highest BCUT2D eigenvalue weighted by atomic mass is 32.2. The zero-order valence-electron chi connectivity index (χ0n) is 18.4. The van der Waals surface area contributed by atoms with Gasteiger partial charge in [0.1, 0.15) is 6.54 Å². The number of aryl methyl sites for hydroxylation is 2. The van der Waals surface area contributed by atoms with Gasteiger partial charge in [0.2, 0.25) is 0 Å². The van der Waals surface area contributed by atoms with Gasteiger partial charge in [0.25, 0.3) is 15.9 Å². The van der Waals surface area contributed by atoms with Crippen molar-refractivity contribution < 1.29 is 26.4 Å². The maximum atomic E-state index is 13.3. The van der Waals surface area contributed by atoms with Crippen LogP contribution in [-0.4, -0.2) is 27.1 Å². The van der Waals surface area contributed by atoms with Crippen molar-refractivity contribution in [1.82, 2.24) is 5.43 Å². The van der Waals surface area contributed by atoms with Crippen molar-refractivity contribution in [1.29, 1.82) is 0 Å². The Bertz CT molecular complexity index is 1290. The smallest absolute Gasteiger partial charge is 0.271 e. The Balaban J connectivity index is 1.84. The standard InChI is InChI=1S/C24H22F3N3O3S/c1-17-11-18(2)13-21(12-17)30(34(32,33)22-9-4-3-5-10-22)16-23(31)29-28-15-19-7-6-8-20(14-19)24(25,26)27/h3-15H,16H2,1-2H3,(H,29,31)/b28-15-. The maximum absolute atomic E-state index is 13.3. The molecule has 34 heavy (non-hydrogen) atoms. The highest BCUT2D eigenvalue weighted by Crippen LogP contribution is 2.29. The molecule has 3 aromatic rings. The van der Waals surface area contributed by atoms with E-state index in [0.717, 1.165) is 33.8 Å². The van der Waals surface area contributed by atoms with Crippen molar-refractivity contribution >= 4 is 27.8 Å². The van der Waals surface area contributed by atoms with Crippen molar-refractivity contribution in [2.24, 2.45) is 5.10 Å². The zero-order valence-corrected chi connectivity index (χ0v) is 19.2. The van der Waals surface area contributed by atoms with Gasteiger partial charge in [0.05, 0.1) is 22.4 Å². The molecule has 0 aliphatic heterocycles. The molecular formula is C24H22F3N3O3S. The van der Waals surface area contributed by atoms with E-state index >= 15 is 0 Å². The Labute approximate surface area is 195 Å². The van der Waals surface area contributed by atoms with Crippen LogP contribution < -0.4 is 9.73 Å². The number of hydrazone groups is 1. The summed E-state index contributed by atoms with van der Waals surface area (Å²) in [4.78, 5) is 12.6. The van der Waals surface area contributed by atoms with E-state index in [1.165, 1.54) is 24.3 Å². The van der Waals surface area contributed by atoms with Gasteiger partial charge in [-0.15, -0.1) is 0 Å². The molecule has 0 atom stereocenters. The number of nitrogens with one attached hydrogen (secondary N) is 1. The van der Waals surface area contributed by atoms with Crippen LogP contribution in [0.5, 0.6) is 0 Å². The molecule has 1 amide bonds. The first kappa shape index (κ1) is 25.0. The van der Waals surface area contributed by atoms with Gasteiger partial charge >= 0.3 is 6.18 Å². The van der Waals surface area contributed by atoms with Gasteiger partial charge in [0, 0.05) is 0 Å². The molecule has 0 radical (unpaired) electrons. The third kappa shape index (κ3) is 6.22. The Morgan fingerprint density at radius 3 is 2.24 bits per heavy atom. The Morgan fingerprint density at radius 2 is 1.62 bits per heavy atom. The number of hydrogen-bond donors (Lipinski definition) is 1. The van der Waals surface area contributed by atoms with E-state index in [2.05, 4.69) is 10.5 Å². The number of amides is 1. The van der Waals surface area contributed by atoms with Crippen molar-refractivity contribution in [2.75, 3.05) is 10.8 Å². The lowest BCUT2D eigenvalue weighted by atomic mass is 10.1. The average Bonchev–Trinajstić information content (AvgIpc) is 2.77. The first-order valence-electron chi connectivity index (χ1n) is 10.1. The second-order valence-electron chi connectivity index (χ2n) is 7.59. The second-order valence-corrected chi connectivity index (χ2v) is 9.45. The highest BCUT2D eigenvalue weighted by Gasteiger charge is 2.30. The van der Waals surface area contributed by atoms with Gasteiger partial charge in [-0.05, 0) is 66.9 Å². The number of carbonyl (C=O) groups excluding carboxylic acids is 1. The summed E-state index contributed by atoms with van der Waals surface area (Å²) in [6.07, 6.45) is -3.45. The predicted octanol–water partition coefficient (Wildman–Crippen LogP) is 4.67. The highest BCUT2D eigenvalue weighted by molar-refractivity contribution is 7.92. The number of halogens is 3. The monoisotopic (exact) mass is 489 g/mol. The number of sulfonamides is 1. The second kappa shape index (κ2) is 10.1. The molecule has 0 bridgehead atoms. The van der Waals surface area contributed by atoms with E-state index in [1.54, 1.807) is 30.3 Å². The fourth-order valence-corrected chi connectivity index (χ4v) is 4.69. The van der Waals surface area contributed by atoms with Crippen molar-refractivity contribution in [3.05, 3.63) is 95.1 Å². The van der Waals surface area contributed by atoms with Crippen LogP contribution >= 0.6 is 0 Å². The number of carbonyl (C=O) groups is 1. The molecule has 0 aliphatic rings. The summed E-state index contributed by atoms with van der Waals surface area (Å²) >= 11 is 0. The van der Waals surface area contributed by atoms with Crippen LogP contribution in [0.2, 0.25) is 0 Å². The lowest BCUT2D eigenvalue weighted by Crippen LogP contribution is -2.39. The molecule has 10 heteroatoms. The van der Waals surface area contributed by atoms with Crippen molar-refractivity contribution in [2.45, 2.75) is 24.9 Å². The van der Waals surface area contributed by atoms with Gasteiger partial charge in [-0.3, -0.25) is 9.10 Å². The quantitative estimate of drug-likeness (QED) is 0.387. The summed E-state index contributed by atoms with van der Waals surface area (Å²) in [6.45, 7) is 3.03. The van der Waals surface area contributed by atoms with E-state index in [-0.39, 0.29) is 10.5 Å². The molecule has 6 nitrogen and oxygen atoms in total. The van der Waals surface area contributed by atoms with Crippen LogP contribution in [0.1, 0.15) is 22.3 Å². The molecule has 0 saturated carbocycles. The maximum Gasteiger partial charge on any atom is 0.416 e. The summed E-state index contributed by atoms with van der Waals surface area (Å²) < 4.78 is 66.2. The molecule has 0 saturated heterocycles. The molecule has 0 aromatic heterocycles. The SMILES string of the molecule is Cc1cc(C)cc(N(CC(=O)N/N=C\c2cccc(C(F)(F)F)c2)S(=O)(=O)c2ccccc2)c1. The van der Waals surface area contributed by atoms with Crippen molar-refractivity contribution in [3.63, 3.8) is 0 Å². The zero-order chi connectivity index (χ0) is 24.9. The topological polar surface area (TPSA) is 78.8 Å².